The van der Waals surface area contributed by atoms with Crippen LogP contribution in [0.4, 0.5) is 0 Å². The molecule has 0 heterocycles. The zero-order chi connectivity index (χ0) is 11.1. The number of rotatable bonds is 5. The van der Waals surface area contributed by atoms with E-state index in [0.29, 0.717) is 23.7 Å². The van der Waals surface area contributed by atoms with Gasteiger partial charge < -0.3 is 0 Å². The van der Waals surface area contributed by atoms with Crippen molar-refractivity contribution in [3.63, 3.8) is 0 Å². The fraction of sp³-hybridized carbons (Fsp3) is 0.333. The van der Waals surface area contributed by atoms with E-state index < -0.39 is 10.8 Å². The van der Waals surface area contributed by atoms with Gasteiger partial charge in [0.25, 0.3) is 0 Å². The summed E-state index contributed by atoms with van der Waals surface area (Å²) >= 11 is 5.71. The van der Waals surface area contributed by atoms with Crippen LogP contribution in [0.15, 0.2) is 34.3 Å². The molecule has 0 aromatic heterocycles. The molecule has 0 saturated heterocycles. The van der Waals surface area contributed by atoms with E-state index in [4.69, 9.17) is 17.1 Å². The van der Waals surface area contributed by atoms with Gasteiger partial charge in [-0.15, -0.1) is 0 Å². The maximum absolute atomic E-state index is 11.7. The van der Waals surface area contributed by atoms with Crippen molar-refractivity contribution in [2.75, 3.05) is 12.3 Å². The van der Waals surface area contributed by atoms with Crippen LogP contribution in [0.3, 0.4) is 0 Å². The van der Waals surface area contributed by atoms with Crippen LogP contribution < -0.4 is 0 Å². The average molecular weight is 244 g/mol. The highest BCUT2D eigenvalue weighted by molar-refractivity contribution is 7.85. The van der Waals surface area contributed by atoms with Gasteiger partial charge in [0, 0.05) is 27.1 Å². The molecule has 0 N–H and O–H groups in total. The molecule has 0 fully saturated rings. The quantitative estimate of drug-likeness (QED) is 0.339. The summed E-state index contributed by atoms with van der Waals surface area (Å²) in [5.74, 6) is 0.501. The fourth-order valence-corrected chi connectivity index (χ4v) is 2.21. The smallest absolute Gasteiger partial charge is 0.0529 e. The van der Waals surface area contributed by atoms with Crippen molar-refractivity contribution in [2.45, 2.75) is 11.3 Å². The molecular weight excluding hydrogens is 234 g/mol. The average Bonchev–Trinajstić information content (AvgIpc) is 2.25. The van der Waals surface area contributed by atoms with E-state index in [0.717, 1.165) is 4.90 Å². The van der Waals surface area contributed by atoms with E-state index in [1.165, 1.54) is 0 Å². The Morgan fingerprint density at radius 1 is 1.40 bits per heavy atom. The first-order valence-electron chi connectivity index (χ1n) is 4.39. The van der Waals surface area contributed by atoms with Crippen LogP contribution in [0.5, 0.6) is 0 Å². The van der Waals surface area contributed by atoms with Crippen molar-refractivity contribution in [2.24, 2.45) is 5.11 Å². The molecule has 0 saturated carbocycles. The molecule has 0 bridgehead atoms. The summed E-state index contributed by atoms with van der Waals surface area (Å²) in [5.41, 5.74) is 8.05. The predicted octanol–water partition coefficient (Wildman–Crippen LogP) is 3.15. The highest BCUT2D eigenvalue weighted by Gasteiger charge is 2.02. The molecule has 1 unspecified atom stereocenters. The lowest BCUT2D eigenvalue weighted by Crippen LogP contribution is -1.99. The minimum Gasteiger partial charge on any atom is -0.254 e. The normalized spacial score (nSPS) is 11.8. The van der Waals surface area contributed by atoms with Gasteiger partial charge in [-0.3, -0.25) is 4.21 Å². The lowest BCUT2D eigenvalue weighted by atomic mass is 10.4. The van der Waals surface area contributed by atoms with Crippen molar-refractivity contribution < 1.29 is 4.21 Å². The largest absolute Gasteiger partial charge is 0.254 e. The van der Waals surface area contributed by atoms with Crippen molar-refractivity contribution in [1.82, 2.24) is 0 Å². The third-order valence-electron chi connectivity index (χ3n) is 1.73. The third kappa shape index (κ3) is 4.34. The minimum atomic E-state index is -1.04. The molecule has 0 aliphatic rings. The van der Waals surface area contributed by atoms with Gasteiger partial charge >= 0.3 is 0 Å². The van der Waals surface area contributed by atoms with Crippen LogP contribution in [0.25, 0.3) is 10.4 Å². The summed E-state index contributed by atoms with van der Waals surface area (Å²) < 4.78 is 11.7. The van der Waals surface area contributed by atoms with Crippen molar-refractivity contribution in [1.29, 1.82) is 0 Å². The maximum Gasteiger partial charge on any atom is 0.0529 e. The van der Waals surface area contributed by atoms with Gasteiger partial charge in [-0.05, 0) is 36.2 Å². The Balaban J connectivity index is 2.46. The fourth-order valence-electron chi connectivity index (χ4n) is 1.02. The molecule has 6 heteroatoms. The molecule has 80 valence electrons. The summed E-state index contributed by atoms with van der Waals surface area (Å²) in [6.07, 6.45) is 0.624. The number of benzene rings is 1. The number of nitrogens with zero attached hydrogens (tertiary/aromatic N) is 3. The zero-order valence-corrected chi connectivity index (χ0v) is 9.54. The molecule has 1 aromatic carbocycles. The van der Waals surface area contributed by atoms with Crippen LogP contribution in [0.1, 0.15) is 6.42 Å². The molecule has 0 spiro atoms. The molecule has 1 aromatic rings. The van der Waals surface area contributed by atoms with Crippen molar-refractivity contribution in [3.05, 3.63) is 39.7 Å². The van der Waals surface area contributed by atoms with Crippen LogP contribution in [0.2, 0.25) is 5.02 Å². The predicted molar refractivity (Wildman–Crippen MR) is 61.4 cm³/mol. The number of hydrogen-bond donors (Lipinski definition) is 0. The molecule has 15 heavy (non-hydrogen) atoms. The second-order valence-electron chi connectivity index (χ2n) is 2.81. The highest BCUT2D eigenvalue weighted by atomic mass is 35.5. The zero-order valence-electron chi connectivity index (χ0n) is 7.97. The van der Waals surface area contributed by atoms with Gasteiger partial charge in [0.15, 0.2) is 0 Å². The summed E-state index contributed by atoms with van der Waals surface area (Å²) in [4.78, 5) is 3.38. The Labute approximate surface area is 95.3 Å². The first-order chi connectivity index (χ1) is 7.24. The number of hydrogen-bond acceptors (Lipinski definition) is 2. The SMILES string of the molecule is [N-]=[N+]=NCCCS(=O)c1ccc(Cl)cc1. The van der Waals surface area contributed by atoms with E-state index >= 15 is 0 Å². The maximum atomic E-state index is 11.7. The Morgan fingerprint density at radius 2 is 2.07 bits per heavy atom. The summed E-state index contributed by atoms with van der Waals surface area (Å²) in [7, 11) is -1.04. The molecule has 1 rings (SSSR count). The van der Waals surface area contributed by atoms with E-state index in [1.54, 1.807) is 24.3 Å². The van der Waals surface area contributed by atoms with Gasteiger partial charge in [-0.2, -0.15) is 0 Å². The molecule has 0 radical (unpaired) electrons. The Bertz CT molecular complexity index is 387. The first-order valence-corrected chi connectivity index (χ1v) is 6.08. The number of halogens is 1. The van der Waals surface area contributed by atoms with Crippen LogP contribution in [-0.2, 0) is 10.8 Å². The first kappa shape index (κ1) is 12.0. The second kappa shape index (κ2) is 6.45. The minimum absolute atomic E-state index is 0.385. The molecule has 0 aliphatic carbocycles. The van der Waals surface area contributed by atoms with E-state index in [1.807, 2.05) is 0 Å². The summed E-state index contributed by atoms with van der Waals surface area (Å²) in [6, 6.07) is 6.91. The molecular formula is C9H10ClN3OS. The standard InChI is InChI=1S/C9H10ClN3OS/c10-8-2-4-9(5-3-8)15(14)7-1-6-12-13-11/h2-5H,1,6-7H2. The Hall–Kier alpha value is -1.03. The van der Waals surface area contributed by atoms with E-state index in [2.05, 4.69) is 10.0 Å². The second-order valence-corrected chi connectivity index (χ2v) is 4.82. The number of azide groups is 1. The summed E-state index contributed by atoms with van der Waals surface area (Å²) in [6.45, 7) is 0.385. The van der Waals surface area contributed by atoms with Gasteiger partial charge in [0.1, 0.15) is 0 Å². The third-order valence-corrected chi connectivity index (χ3v) is 3.44. The van der Waals surface area contributed by atoms with E-state index in [9.17, 15) is 4.21 Å². The molecule has 4 nitrogen and oxygen atoms in total. The van der Waals surface area contributed by atoms with Gasteiger partial charge in [0.2, 0.25) is 0 Å². The van der Waals surface area contributed by atoms with Gasteiger partial charge in [-0.1, -0.05) is 16.7 Å². The molecule has 0 amide bonds. The van der Waals surface area contributed by atoms with Crippen molar-refractivity contribution >= 4 is 22.4 Å². The van der Waals surface area contributed by atoms with Crippen LogP contribution >= 0.6 is 11.6 Å². The Kier molecular flexibility index (Phi) is 5.18. The topological polar surface area (TPSA) is 65.8 Å². The lowest BCUT2D eigenvalue weighted by Gasteiger charge is -2.00. The Morgan fingerprint density at radius 3 is 2.67 bits per heavy atom. The van der Waals surface area contributed by atoms with Gasteiger partial charge in [0.05, 0.1) is 10.8 Å². The highest BCUT2D eigenvalue weighted by Crippen LogP contribution is 2.13. The van der Waals surface area contributed by atoms with Crippen LogP contribution in [0, 0.1) is 0 Å². The van der Waals surface area contributed by atoms with E-state index in [-0.39, 0.29) is 0 Å². The van der Waals surface area contributed by atoms with Crippen LogP contribution in [-0.4, -0.2) is 16.5 Å². The van der Waals surface area contributed by atoms with Gasteiger partial charge in [-0.25, -0.2) is 0 Å². The lowest BCUT2D eigenvalue weighted by molar-refractivity contribution is 0.680. The van der Waals surface area contributed by atoms with Crippen molar-refractivity contribution in [3.8, 4) is 0 Å². The monoisotopic (exact) mass is 243 g/mol. The molecule has 1 atom stereocenters. The summed E-state index contributed by atoms with van der Waals surface area (Å²) in [5, 5.41) is 4.01. The molecule has 0 aliphatic heterocycles.